The molecule has 0 saturated heterocycles. The summed E-state index contributed by atoms with van der Waals surface area (Å²) in [5.41, 5.74) is 0.926. The van der Waals surface area contributed by atoms with Gasteiger partial charge in [-0.25, -0.2) is 0 Å². The number of amides is 1. The van der Waals surface area contributed by atoms with Gasteiger partial charge < -0.3 is 9.84 Å². The highest BCUT2D eigenvalue weighted by molar-refractivity contribution is 5.90. The van der Waals surface area contributed by atoms with Crippen LogP contribution in [0, 0.1) is 0 Å². The topological polar surface area (TPSA) is 68.0 Å². The van der Waals surface area contributed by atoms with Crippen LogP contribution in [0.25, 0.3) is 11.4 Å². The zero-order valence-corrected chi connectivity index (χ0v) is 11.8. The van der Waals surface area contributed by atoms with Crippen molar-refractivity contribution in [3.05, 3.63) is 30.2 Å². The number of hydrogen-bond donors (Lipinski definition) is 1. The molecular formula is C14H14F3N3O2. The van der Waals surface area contributed by atoms with Crippen LogP contribution in [0.5, 0.6) is 0 Å². The maximum atomic E-state index is 12.4. The molecule has 0 radical (unpaired) electrons. The quantitative estimate of drug-likeness (QED) is 0.909. The molecule has 1 heterocycles. The van der Waals surface area contributed by atoms with Gasteiger partial charge in [0.15, 0.2) is 0 Å². The Balaban J connectivity index is 2.06. The van der Waals surface area contributed by atoms with Crippen molar-refractivity contribution in [3.63, 3.8) is 0 Å². The van der Waals surface area contributed by atoms with Gasteiger partial charge in [-0.3, -0.25) is 4.79 Å². The first kappa shape index (κ1) is 16.0. The van der Waals surface area contributed by atoms with Crippen molar-refractivity contribution in [1.82, 2.24) is 10.1 Å². The average molecular weight is 313 g/mol. The Morgan fingerprint density at radius 1 is 1.27 bits per heavy atom. The molecule has 118 valence electrons. The van der Waals surface area contributed by atoms with Gasteiger partial charge in [-0.2, -0.15) is 18.2 Å². The zero-order valence-electron chi connectivity index (χ0n) is 11.8. The van der Waals surface area contributed by atoms with Gasteiger partial charge in [0.05, 0.1) is 0 Å². The normalized spacial score (nSPS) is 11.5. The maximum Gasteiger partial charge on any atom is 0.471 e. The highest BCUT2D eigenvalue weighted by Crippen LogP contribution is 2.29. The van der Waals surface area contributed by atoms with Crippen LogP contribution in [-0.2, 0) is 11.0 Å². The predicted octanol–water partition coefficient (Wildman–Crippen LogP) is 3.88. The first-order chi connectivity index (χ1) is 10.4. The number of nitrogens with one attached hydrogen (secondary N) is 1. The molecule has 0 aliphatic heterocycles. The molecule has 2 rings (SSSR count). The van der Waals surface area contributed by atoms with Crippen LogP contribution in [0.15, 0.2) is 28.8 Å². The highest BCUT2D eigenvalue weighted by atomic mass is 19.4. The van der Waals surface area contributed by atoms with Crippen molar-refractivity contribution in [3.8, 4) is 11.4 Å². The van der Waals surface area contributed by atoms with E-state index in [4.69, 9.17) is 0 Å². The molecule has 1 amide bonds. The Morgan fingerprint density at radius 3 is 2.50 bits per heavy atom. The number of alkyl halides is 3. The largest absolute Gasteiger partial charge is 0.471 e. The van der Waals surface area contributed by atoms with E-state index in [1.54, 1.807) is 12.1 Å². The van der Waals surface area contributed by atoms with E-state index in [-0.39, 0.29) is 11.7 Å². The van der Waals surface area contributed by atoms with E-state index < -0.39 is 12.1 Å². The summed E-state index contributed by atoms with van der Waals surface area (Å²) in [4.78, 5) is 14.9. The van der Waals surface area contributed by atoms with E-state index >= 15 is 0 Å². The van der Waals surface area contributed by atoms with Gasteiger partial charge in [0.1, 0.15) is 0 Å². The third-order valence-corrected chi connectivity index (χ3v) is 2.85. The lowest BCUT2D eigenvalue weighted by Crippen LogP contribution is -2.10. The molecule has 0 bridgehead atoms. The van der Waals surface area contributed by atoms with Gasteiger partial charge >= 0.3 is 12.1 Å². The van der Waals surface area contributed by atoms with Crippen LogP contribution in [0.3, 0.4) is 0 Å². The minimum absolute atomic E-state index is 0.103. The van der Waals surface area contributed by atoms with E-state index in [0.29, 0.717) is 17.7 Å². The van der Waals surface area contributed by atoms with E-state index in [9.17, 15) is 18.0 Å². The number of carbonyl (C=O) groups excluding carboxylic acids is 1. The molecule has 1 aromatic heterocycles. The fourth-order valence-corrected chi connectivity index (χ4v) is 1.72. The second-order valence-corrected chi connectivity index (χ2v) is 4.65. The molecule has 0 atom stereocenters. The second kappa shape index (κ2) is 6.59. The summed E-state index contributed by atoms with van der Waals surface area (Å²) < 4.78 is 41.3. The van der Waals surface area contributed by atoms with Crippen molar-refractivity contribution in [2.45, 2.75) is 32.4 Å². The average Bonchev–Trinajstić information content (AvgIpc) is 2.96. The lowest BCUT2D eigenvalue weighted by molar-refractivity contribution is -0.159. The summed E-state index contributed by atoms with van der Waals surface area (Å²) >= 11 is 0. The van der Waals surface area contributed by atoms with Gasteiger partial charge in [-0.1, -0.05) is 18.5 Å². The molecule has 22 heavy (non-hydrogen) atoms. The number of unbranched alkanes of at least 4 members (excludes halogenated alkanes) is 1. The van der Waals surface area contributed by atoms with Gasteiger partial charge in [-0.05, 0) is 30.7 Å². The van der Waals surface area contributed by atoms with Crippen LogP contribution in [-0.4, -0.2) is 16.0 Å². The number of benzene rings is 1. The van der Waals surface area contributed by atoms with Crippen LogP contribution in [0.1, 0.15) is 32.1 Å². The first-order valence-corrected chi connectivity index (χ1v) is 6.71. The van der Waals surface area contributed by atoms with E-state index in [1.165, 1.54) is 12.1 Å². The summed E-state index contributed by atoms with van der Waals surface area (Å²) in [6, 6.07) is 6.17. The SMILES string of the molecule is CCCCC(=O)Nc1ccc(-c2noc(C(F)(F)F)n2)cc1. The Labute approximate surface area is 124 Å². The summed E-state index contributed by atoms with van der Waals surface area (Å²) in [7, 11) is 0. The molecule has 1 N–H and O–H groups in total. The molecule has 0 aliphatic rings. The van der Waals surface area contributed by atoms with Crippen molar-refractivity contribution in [2.75, 3.05) is 5.32 Å². The minimum Gasteiger partial charge on any atom is -0.329 e. The molecule has 0 aliphatic carbocycles. The van der Waals surface area contributed by atoms with Crippen LogP contribution in [0.2, 0.25) is 0 Å². The molecule has 0 spiro atoms. The summed E-state index contributed by atoms with van der Waals surface area (Å²) in [5.74, 6) is -1.65. The van der Waals surface area contributed by atoms with E-state index in [2.05, 4.69) is 20.0 Å². The Bertz CT molecular complexity index is 636. The fraction of sp³-hybridized carbons (Fsp3) is 0.357. The monoisotopic (exact) mass is 313 g/mol. The number of carbonyl (C=O) groups is 1. The van der Waals surface area contributed by atoms with Gasteiger partial charge in [0.2, 0.25) is 11.7 Å². The number of halogens is 3. The molecule has 1 aromatic carbocycles. The standard InChI is InChI=1S/C14H14F3N3O2/c1-2-3-4-11(21)18-10-7-5-9(6-8-10)12-19-13(22-20-12)14(15,16)17/h5-8H,2-4H2,1H3,(H,18,21). The number of nitrogens with zero attached hydrogens (tertiary/aromatic N) is 2. The summed E-state index contributed by atoms with van der Waals surface area (Å²) in [6.45, 7) is 1.99. The molecule has 2 aromatic rings. The highest BCUT2D eigenvalue weighted by Gasteiger charge is 2.38. The van der Waals surface area contributed by atoms with Crippen molar-refractivity contribution < 1.29 is 22.5 Å². The molecule has 5 nitrogen and oxygen atoms in total. The number of rotatable bonds is 5. The number of aromatic nitrogens is 2. The van der Waals surface area contributed by atoms with E-state index in [0.717, 1.165) is 12.8 Å². The smallest absolute Gasteiger partial charge is 0.329 e. The lowest BCUT2D eigenvalue weighted by atomic mass is 10.2. The third kappa shape index (κ3) is 4.06. The van der Waals surface area contributed by atoms with Gasteiger partial charge in [0.25, 0.3) is 0 Å². The molecule has 8 heteroatoms. The fourth-order valence-electron chi connectivity index (χ4n) is 1.72. The van der Waals surface area contributed by atoms with Crippen molar-refractivity contribution >= 4 is 11.6 Å². The van der Waals surface area contributed by atoms with E-state index in [1.807, 2.05) is 6.92 Å². The summed E-state index contributed by atoms with van der Waals surface area (Å²) in [6.07, 6.45) is -2.52. The van der Waals surface area contributed by atoms with Crippen molar-refractivity contribution in [2.24, 2.45) is 0 Å². The van der Waals surface area contributed by atoms with Gasteiger partial charge in [0, 0.05) is 17.7 Å². The molecular weight excluding hydrogens is 299 g/mol. The van der Waals surface area contributed by atoms with Crippen LogP contribution < -0.4 is 5.32 Å². The van der Waals surface area contributed by atoms with Gasteiger partial charge in [-0.15, -0.1) is 0 Å². The predicted molar refractivity (Wildman–Crippen MR) is 72.9 cm³/mol. The zero-order chi connectivity index (χ0) is 16.2. The first-order valence-electron chi connectivity index (χ1n) is 6.71. The molecule has 0 saturated carbocycles. The lowest BCUT2D eigenvalue weighted by Gasteiger charge is -2.04. The summed E-state index contributed by atoms with van der Waals surface area (Å²) in [5, 5.41) is 5.99. The minimum atomic E-state index is -4.67. The van der Waals surface area contributed by atoms with Crippen molar-refractivity contribution in [1.29, 1.82) is 0 Å². The maximum absolute atomic E-state index is 12.4. The van der Waals surface area contributed by atoms with Crippen LogP contribution >= 0.6 is 0 Å². The molecule has 0 fully saturated rings. The molecule has 0 unspecified atom stereocenters. The second-order valence-electron chi connectivity index (χ2n) is 4.65. The number of hydrogen-bond acceptors (Lipinski definition) is 4. The Hall–Kier alpha value is -2.38. The third-order valence-electron chi connectivity index (χ3n) is 2.85. The Kier molecular flexibility index (Phi) is 4.79. The number of anilines is 1. The van der Waals surface area contributed by atoms with Crippen LogP contribution in [0.4, 0.5) is 18.9 Å². The Morgan fingerprint density at radius 2 is 1.95 bits per heavy atom.